The van der Waals surface area contributed by atoms with Crippen LogP contribution in [0.15, 0.2) is 36.4 Å². The van der Waals surface area contributed by atoms with Gasteiger partial charge in [-0.2, -0.15) is 0 Å². The highest BCUT2D eigenvalue weighted by Gasteiger charge is 2.31. The molecule has 2 fully saturated rings. The van der Waals surface area contributed by atoms with Crippen molar-refractivity contribution in [1.29, 1.82) is 0 Å². The zero-order chi connectivity index (χ0) is 16.9. The molecular weight excluding hydrogens is 300 g/mol. The normalized spacial score (nSPS) is 28.6. The van der Waals surface area contributed by atoms with E-state index in [0.717, 1.165) is 44.6 Å². The van der Waals surface area contributed by atoms with Crippen molar-refractivity contribution >= 4 is 12.0 Å². The van der Waals surface area contributed by atoms with Crippen molar-refractivity contribution in [2.45, 2.75) is 44.9 Å². The zero-order valence-corrected chi connectivity index (χ0v) is 14.7. The highest BCUT2D eigenvalue weighted by Crippen LogP contribution is 2.21. The van der Waals surface area contributed by atoms with Crippen LogP contribution in [0, 0.1) is 0 Å². The van der Waals surface area contributed by atoms with Crippen LogP contribution in [0.1, 0.15) is 32.3 Å². The molecule has 2 saturated heterocycles. The molecule has 0 saturated carbocycles. The fourth-order valence-electron chi connectivity index (χ4n) is 3.87. The van der Waals surface area contributed by atoms with Crippen molar-refractivity contribution in [2.24, 2.45) is 0 Å². The van der Waals surface area contributed by atoms with Gasteiger partial charge in [0.2, 0.25) is 5.91 Å². The van der Waals surface area contributed by atoms with Crippen LogP contribution in [-0.4, -0.2) is 60.1 Å². The molecule has 0 radical (unpaired) electrons. The summed E-state index contributed by atoms with van der Waals surface area (Å²) >= 11 is 0. The van der Waals surface area contributed by atoms with Crippen LogP contribution in [-0.2, 0) is 9.53 Å². The summed E-state index contributed by atoms with van der Waals surface area (Å²) in [6.45, 7) is 8.01. The molecule has 3 unspecified atom stereocenters. The van der Waals surface area contributed by atoms with Gasteiger partial charge in [-0.05, 0) is 38.3 Å². The first-order valence-corrected chi connectivity index (χ1v) is 9.03. The first kappa shape index (κ1) is 17.2. The molecule has 24 heavy (non-hydrogen) atoms. The molecule has 0 N–H and O–H groups in total. The summed E-state index contributed by atoms with van der Waals surface area (Å²) < 4.78 is 5.81. The molecule has 3 atom stereocenters. The predicted octanol–water partition coefficient (Wildman–Crippen LogP) is 2.80. The summed E-state index contributed by atoms with van der Waals surface area (Å²) in [5.41, 5.74) is 1.07. The lowest BCUT2D eigenvalue weighted by molar-refractivity contribution is -0.127. The molecule has 4 nitrogen and oxygen atoms in total. The van der Waals surface area contributed by atoms with Crippen molar-refractivity contribution in [1.82, 2.24) is 9.80 Å². The van der Waals surface area contributed by atoms with E-state index in [4.69, 9.17) is 4.74 Å². The van der Waals surface area contributed by atoms with Crippen molar-refractivity contribution in [2.75, 3.05) is 26.2 Å². The number of hydrogen-bond donors (Lipinski definition) is 0. The van der Waals surface area contributed by atoms with Gasteiger partial charge >= 0.3 is 0 Å². The molecule has 1 amide bonds. The Balaban J connectivity index is 1.58. The Kier molecular flexibility index (Phi) is 5.69. The fraction of sp³-hybridized carbons (Fsp3) is 0.550. The van der Waals surface area contributed by atoms with Crippen LogP contribution in [0.25, 0.3) is 6.08 Å². The molecule has 0 spiro atoms. The average Bonchev–Trinajstić information content (AvgIpc) is 3.01. The van der Waals surface area contributed by atoms with Gasteiger partial charge < -0.3 is 9.64 Å². The minimum absolute atomic E-state index is 0.135. The maximum absolute atomic E-state index is 12.6. The molecule has 2 aliphatic rings. The smallest absolute Gasteiger partial charge is 0.246 e. The second-order valence-electron chi connectivity index (χ2n) is 7.05. The quantitative estimate of drug-likeness (QED) is 0.797. The molecule has 3 rings (SSSR count). The molecule has 0 aliphatic carbocycles. The van der Waals surface area contributed by atoms with Gasteiger partial charge in [0.05, 0.1) is 12.2 Å². The van der Waals surface area contributed by atoms with Gasteiger partial charge in [-0.3, -0.25) is 9.69 Å². The van der Waals surface area contributed by atoms with Crippen molar-refractivity contribution in [3.05, 3.63) is 42.0 Å². The lowest BCUT2D eigenvalue weighted by Crippen LogP contribution is -2.50. The first-order chi connectivity index (χ1) is 11.6. The van der Waals surface area contributed by atoms with E-state index >= 15 is 0 Å². The van der Waals surface area contributed by atoms with Gasteiger partial charge in [0.15, 0.2) is 0 Å². The number of nitrogens with zero attached hydrogens (tertiary/aromatic N) is 2. The number of carbonyl (C=O) groups excluding carboxylic acids is 1. The van der Waals surface area contributed by atoms with E-state index < -0.39 is 0 Å². The Morgan fingerprint density at radius 3 is 2.62 bits per heavy atom. The number of rotatable bonds is 4. The van der Waals surface area contributed by atoms with Crippen LogP contribution in [0.4, 0.5) is 0 Å². The van der Waals surface area contributed by atoms with E-state index in [1.165, 1.54) is 0 Å². The van der Waals surface area contributed by atoms with Crippen LogP contribution in [0.2, 0.25) is 0 Å². The number of hydrogen-bond acceptors (Lipinski definition) is 3. The first-order valence-electron chi connectivity index (χ1n) is 9.03. The van der Waals surface area contributed by atoms with E-state index in [1.807, 2.05) is 41.3 Å². The maximum atomic E-state index is 12.6. The van der Waals surface area contributed by atoms with Crippen LogP contribution in [0.5, 0.6) is 0 Å². The second-order valence-corrected chi connectivity index (χ2v) is 7.05. The van der Waals surface area contributed by atoms with Crippen molar-refractivity contribution in [3.8, 4) is 0 Å². The summed E-state index contributed by atoms with van der Waals surface area (Å²) in [5.74, 6) is 0.135. The molecule has 130 valence electrons. The van der Waals surface area contributed by atoms with Gasteiger partial charge in [0, 0.05) is 38.3 Å². The number of likely N-dealkylation sites (tertiary alicyclic amines) is 1. The second kappa shape index (κ2) is 7.95. The highest BCUT2D eigenvalue weighted by atomic mass is 16.5. The number of ether oxygens (including phenoxy) is 1. The summed E-state index contributed by atoms with van der Waals surface area (Å²) in [6, 6.07) is 10.3. The minimum atomic E-state index is 0.135. The zero-order valence-electron chi connectivity index (χ0n) is 14.7. The van der Waals surface area contributed by atoms with Gasteiger partial charge in [0.1, 0.15) is 0 Å². The average molecular weight is 328 g/mol. The minimum Gasteiger partial charge on any atom is -0.373 e. The number of amides is 1. The SMILES string of the molecule is CC1CN(CC2CCCN2C(=O)C=Cc2ccccc2)CC(C)O1. The Morgan fingerprint density at radius 1 is 1.21 bits per heavy atom. The van der Waals surface area contributed by atoms with Gasteiger partial charge in [0.25, 0.3) is 0 Å². The van der Waals surface area contributed by atoms with Crippen molar-refractivity contribution in [3.63, 3.8) is 0 Å². The van der Waals surface area contributed by atoms with Gasteiger partial charge in [-0.1, -0.05) is 30.3 Å². The summed E-state index contributed by atoms with van der Waals surface area (Å²) in [7, 11) is 0. The van der Waals surface area contributed by atoms with E-state index in [1.54, 1.807) is 6.08 Å². The van der Waals surface area contributed by atoms with E-state index in [-0.39, 0.29) is 18.1 Å². The maximum Gasteiger partial charge on any atom is 0.246 e. The monoisotopic (exact) mass is 328 g/mol. The molecule has 2 aliphatic heterocycles. The molecule has 2 heterocycles. The highest BCUT2D eigenvalue weighted by molar-refractivity contribution is 5.92. The Morgan fingerprint density at radius 2 is 1.92 bits per heavy atom. The third kappa shape index (κ3) is 4.46. The van der Waals surface area contributed by atoms with Crippen molar-refractivity contribution < 1.29 is 9.53 Å². The van der Waals surface area contributed by atoms with Gasteiger partial charge in [-0.25, -0.2) is 0 Å². The molecule has 1 aromatic rings. The lowest BCUT2D eigenvalue weighted by Gasteiger charge is -2.38. The molecular formula is C20H28N2O2. The Labute approximate surface area is 145 Å². The topological polar surface area (TPSA) is 32.8 Å². The number of morpholine rings is 1. The number of carbonyl (C=O) groups is 1. The van der Waals surface area contributed by atoms with Crippen LogP contribution in [0.3, 0.4) is 0 Å². The van der Waals surface area contributed by atoms with Gasteiger partial charge in [-0.15, -0.1) is 0 Å². The van der Waals surface area contributed by atoms with E-state index in [2.05, 4.69) is 18.7 Å². The Bertz CT molecular complexity index is 562. The third-order valence-corrected chi connectivity index (χ3v) is 4.84. The van der Waals surface area contributed by atoms with Crippen LogP contribution < -0.4 is 0 Å². The Hall–Kier alpha value is -1.65. The molecule has 1 aromatic carbocycles. The molecule has 0 aromatic heterocycles. The van der Waals surface area contributed by atoms with Crippen LogP contribution >= 0.6 is 0 Å². The standard InChI is InChI=1S/C20H28N2O2/c1-16-13-21(14-17(2)24-16)15-19-9-6-12-22(19)20(23)11-10-18-7-4-3-5-8-18/h3-5,7-8,10-11,16-17,19H,6,9,12-15H2,1-2H3. The summed E-state index contributed by atoms with van der Waals surface area (Å²) in [5, 5.41) is 0. The fourth-order valence-corrected chi connectivity index (χ4v) is 3.87. The summed E-state index contributed by atoms with van der Waals surface area (Å²) in [6.07, 6.45) is 6.39. The third-order valence-electron chi connectivity index (χ3n) is 4.84. The van der Waals surface area contributed by atoms with E-state index in [0.29, 0.717) is 6.04 Å². The lowest BCUT2D eigenvalue weighted by atomic mass is 10.1. The number of benzene rings is 1. The van der Waals surface area contributed by atoms with E-state index in [9.17, 15) is 4.79 Å². The molecule has 4 heteroatoms. The summed E-state index contributed by atoms with van der Waals surface area (Å²) in [4.78, 5) is 17.1. The largest absolute Gasteiger partial charge is 0.373 e. The predicted molar refractivity (Wildman–Crippen MR) is 96.7 cm³/mol. The molecule has 0 bridgehead atoms.